The maximum Gasteiger partial charge on any atom is 0.163 e. The van der Waals surface area contributed by atoms with Gasteiger partial charge in [-0.2, -0.15) is 0 Å². The minimum absolute atomic E-state index is 0.0428. The molecule has 0 spiro atoms. The van der Waals surface area contributed by atoms with Crippen molar-refractivity contribution < 1.29 is 14.4 Å². The van der Waals surface area contributed by atoms with Gasteiger partial charge in [0.05, 0.1) is 6.42 Å². The average Bonchev–Trinajstić information content (AvgIpc) is 2.86. The molecule has 1 aromatic carbocycles. The van der Waals surface area contributed by atoms with Crippen LogP contribution in [0.15, 0.2) is 17.7 Å². The van der Waals surface area contributed by atoms with Crippen molar-refractivity contribution in [3.05, 3.63) is 45.5 Å². The van der Waals surface area contributed by atoms with Crippen LogP contribution in [-0.2, 0) is 16.0 Å². The molecule has 1 aliphatic carbocycles. The lowest BCUT2D eigenvalue weighted by Crippen LogP contribution is -2.30. The number of Topliss-reactive ketones (excluding diaryl/α,β-unsaturated/α-hetero) is 3. The van der Waals surface area contributed by atoms with Crippen molar-refractivity contribution in [1.82, 2.24) is 0 Å². The Balaban J connectivity index is 0.00000130. The topological polar surface area (TPSA) is 51.2 Å². The summed E-state index contributed by atoms with van der Waals surface area (Å²) in [5.41, 5.74) is 7.34. The molecule has 0 radical (unpaired) electrons. The normalized spacial score (nSPS) is 16.3. The van der Waals surface area contributed by atoms with Gasteiger partial charge in [0.1, 0.15) is 11.6 Å². The predicted molar refractivity (Wildman–Crippen MR) is 174 cm³/mol. The van der Waals surface area contributed by atoms with E-state index in [-0.39, 0.29) is 41.5 Å². The van der Waals surface area contributed by atoms with Gasteiger partial charge in [-0.1, -0.05) is 92.4 Å². The van der Waals surface area contributed by atoms with Gasteiger partial charge in [-0.3, -0.25) is 14.4 Å². The van der Waals surface area contributed by atoms with E-state index in [0.29, 0.717) is 12.3 Å². The number of hydrogen-bond acceptors (Lipinski definition) is 3. The van der Waals surface area contributed by atoms with Gasteiger partial charge in [0.15, 0.2) is 5.78 Å². The van der Waals surface area contributed by atoms with Crippen LogP contribution in [0.3, 0.4) is 0 Å². The highest BCUT2D eigenvalue weighted by atomic mass is 16.1. The fraction of sp³-hybridized carbons (Fsp3) is 0.703. The van der Waals surface area contributed by atoms with E-state index in [2.05, 4.69) is 88.3 Å². The van der Waals surface area contributed by atoms with Gasteiger partial charge in [-0.05, 0) is 99.8 Å². The number of allylic oxidation sites excluding steroid dienone is 2. The summed E-state index contributed by atoms with van der Waals surface area (Å²) in [5, 5.41) is 0. The number of fused-ring (bicyclic) bond motifs is 1. The van der Waals surface area contributed by atoms with Crippen LogP contribution >= 0.6 is 0 Å². The van der Waals surface area contributed by atoms with E-state index in [9.17, 15) is 14.4 Å². The molecule has 0 bridgehead atoms. The molecule has 1 aromatic rings. The quantitative estimate of drug-likeness (QED) is 0.191. The smallest absolute Gasteiger partial charge is 0.163 e. The minimum atomic E-state index is -0.0744. The Morgan fingerprint density at radius 1 is 1.00 bits per heavy atom. The van der Waals surface area contributed by atoms with E-state index >= 15 is 0 Å². The molecule has 3 unspecified atom stereocenters. The van der Waals surface area contributed by atoms with Crippen molar-refractivity contribution in [1.29, 1.82) is 0 Å². The molecule has 40 heavy (non-hydrogen) atoms. The number of carbonyl (C=O) groups is 3. The third kappa shape index (κ3) is 12.2. The highest BCUT2D eigenvalue weighted by Crippen LogP contribution is 2.39. The Bertz CT molecular complexity index is 966. The zero-order chi connectivity index (χ0) is 31.0. The summed E-state index contributed by atoms with van der Waals surface area (Å²) in [4.78, 5) is 37.5. The Hall–Kier alpha value is -2.03. The molecule has 0 heterocycles. The average molecular weight is 555 g/mol. The molecule has 228 valence electrons. The molecule has 0 saturated heterocycles. The largest absolute Gasteiger partial charge is 0.300 e. The Labute approximate surface area is 248 Å². The molecule has 1 aliphatic rings. The fourth-order valence-electron chi connectivity index (χ4n) is 5.98. The molecular weight excluding hydrogens is 492 g/mol. The summed E-state index contributed by atoms with van der Waals surface area (Å²) in [5.74, 6) is 1.14. The van der Waals surface area contributed by atoms with Crippen LogP contribution in [0.4, 0.5) is 0 Å². The maximum atomic E-state index is 13.2. The van der Waals surface area contributed by atoms with Gasteiger partial charge < -0.3 is 0 Å². The predicted octanol–water partition coefficient (Wildman–Crippen LogP) is 10.7. The summed E-state index contributed by atoms with van der Waals surface area (Å²) in [6, 6.07) is 2.27. The van der Waals surface area contributed by atoms with Gasteiger partial charge in [0.25, 0.3) is 0 Å². The van der Waals surface area contributed by atoms with Crippen LogP contribution in [0.2, 0.25) is 0 Å². The van der Waals surface area contributed by atoms with E-state index in [1.54, 1.807) is 0 Å². The second kappa shape index (κ2) is 19.9. The van der Waals surface area contributed by atoms with Crippen molar-refractivity contribution in [2.24, 2.45) is 17.8 Å². The van der Waals surface area contributed by atoms with E-state index < -0.39 is 0 Å². The van der Waals surface area contributed by atoms with E-state index in [4.69, 9.17) is 0 Å². The molecular formula is C37H62O3. The van der Waals surface area contributed by atoms with Gasteiger partial charge in [0.2, 0.25) is 0 Å². The standard InChI is InChI=1S/C27H40O3.C7H14.C3H8/c1-8-10-21(22(9-2)25(29)12-18(6)28)13-20-14-24-23(16(3)4)11-17(5)19(7)27(24)26(30)15-20;1-4-6-7(3)5-2;1-3-2/h11,16,20-22H,8-10,12-15H2,1-7H3;6H,4-5H2,1-3H3;3H2,1-2H3/b;7-6-;. The molecule has 3 heteroatoms. The zero-order valence-corrected chi connectivity index (χ0v) is 28.3. The summed E-state index contributed by atoms with van der Waals surface area (Å²) < 4.78 is 0. The lowest BCUT2D eigenvalue weighted by atomic mass is 9.70. The molecule has 2 rings (SSSR count). The first-order valence-electron chi connectivity index (χ1n) is 16.2. The minimum Gasteiger partial charge on any atom is -0.300 e. The van der Waals surface area contributed by atoms with Gasteiger partial charge in [0, 0.05) is 17.9 Å². The van der Waals surface area contributed by atoms with Crippen LogP contribution < -0.4 is 0 Å². The molecule has 0 N–H and O–H groups in total. The summed E-state index contributed by atoms with van der Waals surface area (Å²) in [6.45, 7) is 25.0. The van der Waals surface area contributed by atoms with Crippen LogP contribution in [0.25, 0.3) is 0 Å². The van der Waals surface area contributed by atoms with Crippen LogP contribution in [0.1, 0.15) is 166 Å². The van der Waals surface area contributed by atoms with Crippen molar-refractivity contribution in [2.75, 3.05) is 0 Å². The Morgan fingerprint density at radius 3 is 2.02 bits per heavy atom. The SMILES string of the molecule is CC/C=C(/C)CC.CCC.CCCC(CC1CC(=O)c2c(C)c(C)cc(C(C)C)c2C1)C(CC)C(=O)CC(C)=O. The number of ketones is 3. The monoisotopic (exact) mass is 554 g/mol. The molecule has 0 aliphatic heterocycles. The summed E-state index contributed by atoms with van der Waals surface area (Å²) in [7, 11) is 0. The number of hydrogen-bond donors (Lipinski definition) is 0. The van der Waals surface area contributed by atoms with E-state index in [1.165, 1.54) is 48.4 Å². The first-order chi connectivity index (χ1) is 18.8. The van der Waals surface area contributed by atoms with Crippen LogP contribution in [0, 0.1) is 31.6 Å². The third-order valence-electron chi connectivity index (χ3n) is 8.11. The van der Waals surface area contributed by atoms with Crippen molar-refractivity contribution in [3.8, 4) is 0 Å². The molecule has 0 saturated carbocycles. The van der Waals surface area contributed by atoms with E-state index in [1.807, 2.05) is 0 Å². The summed E-state index contributed by atoms with van der Waals surface area (Å²) >= 11 is 0. The molecule has 0 aromatic heterocycles. The number of rotatable bonds is 12. The van der Waals surface area contributed by atoms with Gasteiger partial charge in [-0.25, -0.2) is 0 Å². The van der Waals surface area contributed by atoms with Crippen LogP contribution in [0.5, 0.6) is 0 Å². The first kappa shape index (κ1) is 38.0. The second-order valence-corrected chi connectivity index (χ2v) is 12.3. The highest BCUT2D eigenvalue weighted by molar-refractivity contribution is 6.01. The van der Waals surface area contributed by atoms with Crippen LogP contribution in [-0.4, -0.2) is 17.3 Å². The molecule has 0 fully saturated rings. The third-order valence-corrected chi connectivity index (χ3v) is 8.11. The lowest BCUT2D eigenvalue weighted by molar-refractivity contribution is -0.129. The Kier molecular flexibility index (Phi) is 18.9. The van der Waals surface area contributed by atoms with Gasteiger partial charge in [-0.15, -0.1) is 0 Å². The van der Waals surface area contributed by atoms with Gasteiger partial charge >= 0.3 is 0 Å². The fourth-order valence-corrected chi connectivity index (χ4v) is 5.98. The van der Waals surface area contributed by atoms with Crippen molar-refractivity contribution in [3.63, 3.8) is 0 Å². The maximum absolute atomic E-state index is 13.2. The molecule has 3 nitrogen and oxygen atoms in total. The number of benzene rings is 1. The molecule has 0 amide bonds. The lowest BCUT2D eigenvalue weighted by Gasteiger charge is -2.33. The van der Waals surface area contributed by atoms with Crippen molar-refractivity contribution in [2.45, 2.75) is 153 Å². The highest BCUT2D eigenvalue weighted by Gasteiger charge is 2.34. The first-order valence-corrected chi connectivity index (χ1v) is 16.2. The zero-order valence-electron chi connectivity index (χ0n) is 28.3. The van der Waals surface area contributed by atoms with Crippen molar-refractivity contribution >= 4 is 17.3 Å². The Morgan fingerprint density at radius 2 is 1.60 bits per heavy atom. The number of carbonyl (C=O) groups excluding carboxylic acids is 3. The number of aryl methyl sites for hydroxylation is 1. The summed E-state index contributed by atoms with van der Waals surface area (Å²) in [6.07, 6.45) is 11.1. The second-order valence-electron chi connectivity index (χ2n) is 12.3. The van der Waals surface area contributed by atoms with E-state index in [0.717, 1.165) is 43.2 Å². The molecule has 3 atom stereocenters.